The van der Waals surface area contributed by atoms with Crippen molar-refractivity contribution < 1.29 is 23.1 Å². The normalized spacial score (nSPS) is 16.5. The molecular weight excluding hydrogens is 534 g/mol. The van der Waals surface area contributed by atoms with Crippen LogP contribution in [-0.2, 0) is 22.9 Å². The van der Waals surface area contributed by atoms with Crippen LogP contribution in [0, 0.1) is 0 Å². The van der Waals surface area contributed by atoms with E-state index in [9.17, 15) is 18.0 Å². The molecule has 0 bridgehead atoms. The van der Waals surface area contributed by atoms with Gasteiger partial charge in [0.05, 0.1) is 10.6 Å². The minimum Gasteiger partial charge on any atom is -0.465 e. The van der Waals surface area contributed by atoms with E-state index in [1.54, 1.807) is 25.1 Å². The minimum absolute atomic E-state index is 0.0269. The summed E-state index contributed by atoms with van der Waals surface area (Å²) in [7, 11) is -3.45. The van der Waals surface area contributed by atoms with Crippen LogP contribution in [0.2, 0.25) is 5.02 Å². The monoisotopic (exact) mass is 557 g/mol. The number of sulfone groups is 1. The Kier molecular flexibility index (Phi) is 8.38. The molecule has 1 heterocycles. The first kappa shape index (κ1) is 25.5. The molecule has 0 aromatic heterocycles. The van der Waals surface area contributed by atoms with Crippen LogP contribution in [0.5, 0.6) is 0 Å². The second kappa shape index (κ2) is 10.9. The van der Waals surface area contributed by atoms with Crippen LogP contribution in [0.25, 0.3) is 0 Å². The van der Waals surface area contributed by atoms with Crippen LogP contribution in [-0.4, -0.2) is 55.3 Å². The van der Waals surface area contributed by atoms with E-state index in [0.29, 0.717) is 29.2 Å². The number of halogens is 2. The third kappa shape index (κ3) is 6.69. The van der Waals surface area contributed by atoms with Crippen molar-refractivity contribution in [1.82, 2.24) is 15.5 Å². The molecule has 3 rings (SSSR count). The van der Waals surface area contributed by atoms with Gasteiger partial charge in [-0.1, -0.05) is 40.5 Å². The number of carboxylic acid groups (broad SMARTS) is 1. The van der Waals surface area contributed by atoms with Crippen molar-refractivity contribution in [2.45, 2.75) is 37.4 Å². The van der Waals surface area contributed by atoms with Gasteiger partial charge in [-0.25, -0.2) is 13.2 Å². The van der Waals surface area contributed by atoms with Crippen molar-refractivity contribution in [3.63, 3.8) is 0 Å². The minimum atomic E-state index is -3.45. The average molecular weight is 559 g/mol. The zero-order valence-corrected chi connectivity index (χ0v) is 21.1. The smallest absolute Gasteiger partial charge is 0.404 e. The molecule has 1 fully saturated rings. The second-order valence-electron chi connectivity index (χ2n) is 7.81. The zero-order valence-electron chi connectivity index (χ0n) is 18.0. The standard InChI is InChI=1S/C22H25BrClN3O5S/c1-2-33(31,32)20-6-5-17(24)9-16(20)11-25-21(28)14-3-4-15(19(23)10-14)12-27-8-7-18(13-27)26-22(29)30/h3-6,9-10,18,26H,2,7-8,11-13H2,1H3,(H,25,28)(H,29,30)/t18-/m1/s1. The predicted octanol–water partition coefficient (Wildman–Crippen LogP) is 3.67. The molecule has 2 amide bonds. The number of hydrogen-bond acceptors (Lipinski definition) is 5. The first-order valence-electron chi connectivity index (χ1n) is 10.4. The summed E-state index contributed by atoms with van der Waals surface area (Å²) in [6.45, 7) is 3.63. The van der Waals surface area contributed by atoms with Crippen LogP contribution >= 0.6 is 27.5 Å². The number of carbonyl (C=O) groups is 2. The molecular formula is C22H25BrClN3O5S. The van der Waals surface area contributed by atoms with Crippen molar-refractivity contribution in [3.05, 3.63) is 62.6 Å². The summed E-state index contributed by atoms with van der Waals surface area (Å²) < 4.78 is 25.5. The lowest BCUT2D eigenvalue weighted by atomic mass is 10.1. The first-order valence-corrected chi connectivity index (χ1v) is 13.2. The molecule has 2 aromatic rings. The lowest BCUT2D eigenvalue weighted by molar-refractivity contribution is 0.0950. The largest absolute Gasteiger partial charge is 0.465 e. The molecule has 0 radical (unpaired) electrons. The molecule has 1 saturated heterocycles. The van der Waals surface area contributed by atoms with Crippen molar-refractivity contribution in [1.29, 1.82) is 0 Å². The number of nitrogens with one attached hydrogen (secondary N) is 2. The Morgan fingerprint density at radius 2 is 1.97 bits per heavy atom. The zero-order chi connectivity index (χ0) is 24.2. The highest BCUT2D eigenvalue weighted by Crippen LogP contribution is 2.24. The van der Waals surface area contributed by atoms with Crippen LogP contribution in [0.1, 0.15) is 34.8 Å². The van der Waals surface area contributed by atoms with E-state index >= 15 is 0 Å². The number of hydrogen-bond donors (Lipinski definition) is 3. The Bertz CT molecular complexity index is 1160. The Morgan fingerprint density at radius 1 is 1.21 bits per heavy atom. The maximum atomic E-state index is 12.7. The predicted molar refractivity (Wildman–Crippen MR) is 129 cm³/mol. The van der Waals surface area contributed by atoms with Gasteiger partial charge in [-0.15, -0.1) is 0 Å². The molecule has 1 aliphatic heterocycles. The summed E-state index contributed by atoms with van der Waals surface area (Å²) in [5.41, 5.74) is 1.85. The summed E-state index contributed by atoms with van der Waals surface area (Å²) in [5, 5.41) is 14.5. The number of amides is 2. The molecule has 2 aromatic carbocycles. The number of rotatable bonds is 8. The molecule has 3 N–H and O–H groups in total. The number of nitrogens with zero attached hydrogens (tertiary/aromatic N) is 1. The first-order chi connectivity index (χ1) is 15.6. The molecule has 8 nitrogen and oxygen atoms in total. The van der Waals surface area contributed by atoms with Gasteiger partial charge >= 0.3 is 6.09 Å². The maximum Gasteiger partial charge on any atom is 0.404 e. The molecule has 1 aliphatic rings. The lowest BCUT2D eigenvalue weighted by Gasteiger charge is -2.17. The summed E-state index contributed by atoms with van der Waals surface area (Å²) in [4.78, 5) is 25.8. The third-order valence-electron chi connectivity index (χ3n) is 5.49. The van der Waals surface area contributed by atoms with Gasteiger partial charge in [0.2, 0.25) is 0 Å². The summed E-state index contributed by atoms with van der Waals surface area (Å²) in [6.07, 6.45) is -0.264. The van der Waals surface area contributed by atoms with Gasteiger partial charge in [0.15, 0.2) is 9.84 Å². The van der Waals surface area contributed by atoms with Crippen molar-refractivity contribution >= 4 is 49.4 Å². The molecule has 0 saturated carbocycles. The van der Waals surface area contributed by atoms with Crippen LogP contribution in [0.4, 0.5) is 4.79 Å². The summed E-state index contributed by atoms with van der Waals surface area (Å²) in [5.74, 6) is -0.386. The van der Waals surface area contributed by atoms with E-state index < -0.39 is 15.9 Å². The lowest BCUT2D eigenvalue weighted by Crippen LogP contribution is -2.35. The number of benzene rings is 2. The van der Waals surface area contributed by atoms with Gasteiger partial charge in [0.1, 0.15) is 0 Å². The van der Waals surface area contributed by atoms with Gasteiger partial charge < -0.3 is 15.7 Å². The Balaban J connectivity index is 1.65. The van der Waals surface area contributed by atoms with Gasteiger partial charge in [0, 0.05) is 47.3 Å². The van der Waals surface area contributed by atoms with E-state index in [-0.39, 0.29) is 29.1 Å². The second-order valence-corrected chi connectivity index (χ2v) is 11.4. The Hall–Kier alpha value is -2.14. The molecule has 33 heavy (non-hydrogen) atoms. The van der Waals surface area contributed by atoms with Crippen molar-refractivity contribution in [2.24, 2.45) is 0 Å². The van der Waals surface area contributed by atoms with Gasteiger partial charge in [-0.05, 0) is 47.9 Å². The maximum absolute atomic E-state index is 12.7. The fourth-order valence-electron chi connectivity index (χ4n) is 3.75. The van der Waals surface area contributed by atoms with Gasteiger partial charge in [0.25, 0.3) is 5.91 Å². The molecule has 0 unspecified atom stereocenters. The fraction of sp³-hybridized carbons (Fsp3) is 0.364. The van der Waals surface area contributed by atoms with Crippen molar-refractivity contribution in [2.75, 3.05) is 18.8 Å². The summed E-state index contributed by atoms with van der Waals surface area (Å²) in [6, 6.07) is 9.72. The number of likely N-dealkylation sites (tertiary alicyclic amines) is 1. The number of carbonyl (C=O) groups excluding carboxylic acids is 1. The highest BCUT2D eigenvalue weighted by Gasteiger charge is 2.24. The summed E-state index contributed by atoms with van der Waals surface area (Å²) >= 11 is 9.55. The fourth-order valence-corrected chi connectivity index (χ4v) is 5.56. The van der Waals surface area contributed by atoms with E-state index in [1.807, 2.05) is 6.07 Å². The van der Waals surface area contributed by atoms with Crippen molar-refractivity contribution in [3.8, 4) is 0 Å². The van der Waals surface area contributed by atoms with Gasteiger partial charge in [-0.2, -0.15) is 0 Å². The molecule has 178 valence electrons. The highest BCUT2D eigenvalue weighted by molar-refractivity contribution is 9.10. The van der Waals surface area contributed by atoms with E-state index in [4.69, 9.17) is 16.7 Å². The molecule has 1 atom stereocenters. The molecule has 0 aliphatic carbocycles. The average Bonchev–Trinajstić information content (AvgIpc) is 3.19. The third-order valence-corrected chi connectivity index (χ3v) is 8.29. The van der Waals surface area contributed by atoms with Crippen LogP contribution < -0.4 is 10.6 Å². The SMILES string of the molecule is CCS(=O)(=O)c1ccc(Cl)cc1CNC(=O)c1ccc(CN2CC[C@@H](NC(=O)O)C2)c(Br)c1. The van der Waals surface area contributed by atoms with Crippen LogP contribution in [0.3, 0.4) is 0 Å². The van der Waals surface area contributed by atoms with E-state index in [1.165, 1.54) is 12.1 Å². The molecule has 0 spiro atoms. The van der Waals surface area contributed by atoms with Crippen LogP contribution in [0.15, 0.2) is 45.8 Å². The highest BCUT2D eigenvalue weighted by atomic mass is 79.9. The van der Waals surface area contributed by atoms with E-state index in [2.05, 4.69) is 31.5 Å². The molecule has 11 heteroatoms. The topological polar surface area (TPSA) is 116 Å². The van der Waals surface area contributed by atoms with E-state index in [0.717, 1.165) is 23.0 Å². The Morgan fingerprint density at radius 3 is 2.64 bits per heavy atom. The quantitative estimate of drug-likeness (QED) is 0.455. The van der Waals surface area contributed by atoms with Gasteiger partial charge in [-0.3, -0.25) is 9.69 Å². The Labute approximate surface area is 206 Å².